The molecule has 0 spiro atoms. The molecule has 4 heterocycles. The molecule has 0 bridgehead atoms. The maximum atomic E-state index is 4.33. The van der Waals surface area contributed by atoms with E-state index in [2.05, 4.69) is 64.5 Å². The molecule has 1 aromatic carbocycles. The van der Waals surface area contributed by atoms with E-state index in [1.165, 1.54) is 60.2 Å². The fourth-order valence-corrected chi connectivity index (χ4v) is 4.62. The highest BCUT2D eigenvalue weighted by atomic mass is 15.2. The van der Waals surface area contributed by atoms with Crippen molar-refractivity contribution in [1.82, 2.24) is 14.5 Å². The molecule has 0 saturated carbocycles. The molecule has 2 aliphatic heterocycles. The molecule has 1 fully saturated rings. The van der Waals surface area contributed by atoms with E-state index in [9.17, 15) is 0 Å². The normalized spacial score (nSPS) is 21.1. The van der Waals surface area contributed by atoms with Gasteiger partial charge in [-0.05, 0) is 73.3 Å². The number of piperidine rings is 1. The monoisotopic (exact) mass is 346 g/mol. The Hall–Kier alpha value is -2.33. The molecule has 5 rings (SSSR count). The van der Waals surface area contributed by atoms with Gasteiger partial charge >= 0.3 is 0 Å². The van der Waals surface area contributed by atoms with E-state index in [0.29, 0.717) is 5.92 Å². The second-order valence-electron chi connectivity index (χ2n) is 7.84. The lowest BCUT2D eigenvalue weighted by atomic mass is 9.84. The second kappa shape index (κ2) is 6.44. The summed E-state index contributed by atoms with van der Waals surface area (Å²) in [6.07, 6.45) is 7.98. The lowest BCUT2D eigenvalue weighted by Gasteiger charge is -2.35. The molecular weight excluding hydrogens is 320 g/mol. The van der Waals surface area contributed by atoms with Crippen LogP contribution in [0.2, 0.25) is 0 Å². The summed E-state index contributed by atoms with van der Waals surface area (Å²) in [6.45, 7) is 4.52. The Morgan fingerprint density at radius 3 is 2.77 bits per heavy atom. The molecular formula is C22H26N4. The molecule has 2 aliphatic rings. The molecule has 26 heavy (non-hydrogen) atoms. The maximum Gasteiger partial charge on any atom is 0.0664 e. The van der Waals surface area contributed by atoms with Crippen molar-refractivity contribution in [3.05, 3.63) is 65.5 Å². The minimum absolute atomic E-state index is 0.430. The summed E-state index contributed by atoms with van der Waals surface area (Å²) in [7, 11) is 2.24. The van der Waals surface area contributed by atoms with E-state index in [1.54, 1.807) is 0 Å². The summed E-state index contributed by atoms with van der Waals surface area (Å²) < 4.78 is 1.94. The molecule has 3 aromatic rings. The van der Waals surface area contributed by atoms with Gasteiger partial charge in [-0.1, -0.05) is 6.07 Å². The van der Waals surface area contributed by atoms with Crippen LogP contribution in [0.15, 0.2) is 48.8 Å². The van der Waals surface area contributed by atoms with Crippen LogP contribution in [0.3, 0.4) is 0 Å². The molecule has 1 unspecified atom stereocenters. The standard InChI is InChI=1S/C22H26N4/c1-24-15-18-14-19(25-10-3-2-4-11-25)5-6-21(18)22(16-24)17-8-12-26-20(13-17)7-9-23-26/h5-9,12-14,22H,2-4,10-11,15-16H2,1H3. The fraction of sp³-hybridized carbons (Fsp3) is 0.409. The summed E-state index contributed by atoms with van der Waals surface area (Å²) in [4.78, 5) is 5.01. The molecule has 1 saturated heterocycles. The zero-order valence-corrected chi connectivity index (χ0v) is 15.4. The van der Waals surface area contributed by atoms with Crippen LogP contribution in [0.25, 0.3) is 5.52 Å². The van der Waals surface area contributed by atoms with Crippen molar-refractivity contribution in [3.63, 3.8) is 0 Å². The first-order valence-corrected chi connectivity index (χ1v) is 9.77. The Labute approximate surface area is 155 Å². The number of likely N-dealkylation sites (N-methyl/N-ethyl adjacent to an activating group) is 1. The Morgan fingerprint density at radius 1 is 1.00 bits per heavy atom. The van der Waals surface area contributed by atoms with Gasteiger partial charge in [0.25, 0.3) is 0 Å². The van der Waals surface area contributed by atoms with Crippen LogP contribution in [0.1, 0.15) is 41.9 Å². The average Bonchev–Trinajstić information content (AvgIpc) is 3.15. The van der Waals surface area contributed by atoms with Crippen molar-refractivity contribution in [2.24, 2.45) is 0 Å². The van der Waals surface area contributed by atoms with E-state index < -0.39 is 0 Å². The minimum Gasteiger partial charge on any atom is -0.372 e. The molecule has 2 aromatic heterocycles. The average molecular weight is 346 g/mol. The van der Waals surface area contributed by atoms with Crippen LogP contribution < -0.4 is 4.90 Å². The number of pyridine rings is 1. The van der Waals surface area contributed by atoms with Crippen LogP contribution in [0.4, 0.5) is 5.69 Å². The summed E-state index contributed by atoms with van der Waals surface area (Å²) in [5, 5.41) is 4.33. The summed E-state index contributed by atoms with van der Waals surface area (Å²) >= 11 is 0. The van der Waals surface area contributed by atoms with E-state index >= 15 is 0 Å². The van der Waals surface area contributed by atoms with E-state index in [4.69, 9.17) is 0 Å². The Balaban J connectivity index is 1.52. The number of rotatable bonds is 2. The van der Waals surface area contributed by atoms with Gasteiger partial charge < -0.3 is 9.80 Å². The summed E-state index contributed by atoms with van der Waals surface area (Å²) in [5.74, 6) is 0.430. The Bertz CT molecular complexity index is 923. The number of hydrogen-bond donors (Lipinski definition) is 0. The SMILES string of the molecule is CN1Cc2cc(N3CCCCC3)ccc2C(c2ccn3nccc3c2)C1. The third kappa shape index (κ3) is 2.78. The van der Waals surface area contributed by atoms with Gasteiger partial charge in [-0.3, -0.25) is 0 Å². The van der Waals surface area contributed by atoms with Crippen molar-refractivity contribution >= 4 is 11.2 Å². The van der Waals surface area contributed by atoms with Crippen LogP contribution >= 0.6 is 0 Å². The van der Waals surface area contributed by atoms with Gasteiger partial charge in [0.1, 0.15) is 0 Å². The number of hydrogen-bond acceptors (Lipinski definition) is 3. The van der Waals surface area contributed by atoms with Crippen molar-refractivity contribution in [3.8, 4) is 0 Å². The van der Waals surface area contributed by atoms with Gasteiger partial charge in [0.05, 0.1) is 5.52 Å². The van der Waals surface area contributed by atoms with Gasteiger partial charge in [0, 0.05) is 50.2 Å². The lowest BCUT2D eigenvalue weighted by Crippen LogP contribution is -2.32. The quantitative estimate of drug-likeness (QED) is 0.703. The smallest absolute Gasteiger partial charge is 0.0664 e. The maximum absolute atomic E-state index is 4.33. The molecule has 0 aliphatic carbocycles. The molecule has 4 heteroatoms. The molecule has 134 valence electrons. The minimum atomic E-state index is 0.430. The van der Waals surface area contributed by atoms with Gasteiger partial charge in [-0.25, -0.2) is 4.52 Å². The number of aromatic nitrogens is 2. The summed E-state index contributed by atoms with van der Waals surface area (Å²) in [5.41, 5.74) is 6.94. The highest BCUT2D eigenvalue weighted by Gasteiger charge is 2.26. The van der Waals surface area contributed by atoms with Crippen molar-refractivity contribution in [2.45, 2.75) is 31.7 Å². The van der Waals surface area contributed by atoms with Gasteiger partial charge in [0.15, 0.2) is 0 Å². The molecule has 0 N–H and O–H groups in total. The number of benzene rings is 1. The van der Waals surface area contributed by atoms with Gasteiger partial charge in [-0.15, -0.1) is 0 Å². The predicted octanol–water partition coefficient (Wildman–Crippen LogP) is 3.90. The fourth-order valence-electron chi connectivity index (χ4n) is 4.62. The highest BCUT2D eigenvalue weighted by Crippen LogP contribution is 2.35. The first kappa shape index (κ1) is 15.9. The number of anilines is 1. The van der Waals surface area contributed by atoms with Crippen LogP contribution in [-0.2, 0) is 6.54 Å². The topological polar surface area (TPSA) is 23.8 Å². The predicted molar refractivity (Wildman–Crippen MR) is 106 cm³/mol. The van der Waals surface area contributed by atoms with Crippen molar-refractivity contribution in [2.75, 3.05) is 31.6 Å². The van der Waals surface area contributed by atoms with Gasteiger partial charge in [-0.2, -0.15) is 5.10 Å². The summed E-state index contributed by atoms with van der Waals surface area (Å²) in [6, 6.07) is 13.8. The van der Waals surface area contributed by atoms with E-state index in [1.807, 2.05) is 10.7 Å². The van der Waals surface area contributed by atoms with Crippen LogP contribution in [0.5, 0.6) is 0 Å². The molecule has 0 amide bonds. The first-order valence-electron chi connectivity index (χ1n) is 9.77. The zero-order valence-electron chi connectivity index (χ0n) is 15.4. The Kier molecular flexibility index (Phi) is 3.93. The second-order valence-corrected chi connectivity index (χ2v) is 7.84. The van der Waals surface area contributed by atoms with Gasteiger partial charge in [0.2, 0.25) is 0 Å². The van der Waals surface area contributed by atoms with E-state index in [-0.39, 0.29) is 0 Å². The van der Waals surface area contributed by atoms with E-state index in [0.717, 1.165) is 13.1 Å². The lowest BCUT2D eigenvalue weighted by molar-refractivity contribution is 0.295. The van der Waals surface area contributed by atoms with Crippen LogP contribution in [-0.4, -0.2) is 41.2 Å². The molecule has 1 atom stereocenters. The molecule has 0 radical (unpaired) electrons. The number of nitrogens with zero attached hydrogens (tertiary/aromatic N) is 4. The third-order valence-corrected chi connectivity index (χ3v) is 5.98. The third-order valence-electron chi connectivity index (χ3n) is 5.98. The van der Waals surface area contributed by atoms with Crippen molar-refractivity contribution in [1.29, 1.82) is 0 Å². The number of fused-ring (bicyclic) bond motifs is 2. The van der Waals surface area contributed by atoms with Crippen molar-refractivity contribution < 1.29 is 0 Å². The largest absolute Gasteiger partial charge is 0.372 e. The zero-order chi connectivity index (χ0) is 17.5. The Morgan fingerprint density at radius 2 is 1.88 bits per heavy atom. The molecule has 4 nitrogen and oxygen atoms in total. The highest BCUT2D eigenvalue weighted by molar-refractivity contribution is 5.56. The first-order chi connectivity index (χ1) is 12.8. The van der Waals surface area contributed by atoms with Crippen LogP contribution in [0, 0.1) is 0 Å².